The average molecular weight is 212 g/mol. The first-order valence-corrected chi connectivity index (χ1v) is 4.37. The van der Waals surface area contributed by atoms with Crippen LogP contribution in [0.5, 0.6) is 0 Å². The molecule has 0 aromatic carbocycles. The highest BCUT2D eigenvalue weighted by atomic mass is 16.4. The number of carboxylic acids is 2. The summed E-state index contributed by atoms with van der Waals surface area (Å²) in [7, 11) is 0. The zero-order chi connectivity index (χ0) is 12.0. The Morgan fingerprint density at radius 3 is 2.13 bits per heavy atom. The van der Waals surface area contributed by atoms with Crippen molar-refractivity contribution in [2.24, 2.45) is 5.92 Å². The molecule has 0 aliphatic rings. The summed E-state index contributed by atoms with van der Waals surface area (Å²) in [5.41, 5.74) is -0.0837. The van der Waals surface area contributed by atoms with Crippen LogP contribution < -0.4 is 10.2 Å². The number of rotatable bonds is 5. The van der Waals surface area contributed by atoms with Crippen LogP contribution in [-0.4, -0.2) is 17.0 Å². The lowest BCUT2D eigenvalue weighted by Crippen LogP contribution is -2.25. The van der Waals surface area contributed by atoms with Crippen LogP contribution >= 0.6 is 0 Å². The van der Waals surface area contributed by atoms with Crippen LogP contribution in [0.15, 0.2) is 23.5 Å². The minimum absolute atomic E-state index is 0.0837. The first-order valence-electron chi connectivity index (χ1n) is 4.37. The molecule has 15 heavy (non-hydrogen) atoms. The number of aliphatic carboxylic acids is 2. The highest BCUT2D eigenvalue weighted by molar-refractivity contribution is 5.86. The molecule has 0 aromatic heterocycles. The molecule has 0 unspecified atom stereocenters. The van der Waals surface area contributed by atoms with Crippen LogP contribution in [0.2, 0.25) is 0 Å². The third kappa shape index (κ3) is 5.51. The van der Waals surface area contributed by atoms with Gasteiger partial charge in [0.1, 0.15) is 0 Å². The van der Waals surface area contributed by atoms with Gasteiger partial charge in [0, 0.05) is 0 Å². The molecular weight excluding hydrogens is 200 g/mol. The molecule has 5 nitrogen and oxygen atoms in total. The van der Waals surface area contributed by atoms with Crippen molar-refractivity contribution >= 4 is 11.9 Å². The molecule has 0 atom stereocenters. The van der Waals surface area contributed by atoms with Crippen molar-refractivity contribution in [3.63, 3.8) is 0 Å². The van der Waals surface area contributed by atoms with Crippen LogP contribution in [0.25, 0.3) is 0 Å². The van der Waals surface area contributed by atoms with Gasteiger partial charge in [-0.3, -0.25) is 0 Å². The standard InChI is InChI=1S/C10H14O5/c1-6(2)5-7(9(12)13)3-4-8(11)10(14)15/h3-4,6,11H,5H2,1-2H3,(H,12,13)(H,14,15)/p-2/b7-3+,8-4-. The molecule has 0 spiro atoms. The fourth-order valence-corrected chi connectivity index (χ4v) is 0.907. The fraction of sp³-hybridized carbons (Fsp3) is 0.400. The molecule has 0 rings (SSSR count). The van der Waals surface area contributed by atoms with Gasteiger partial charge in [0.15, 0.2) is 0 Å². The second-order valence-electron chi connectivity index (χ2n) is 3.41. The number of allylic oxidation sites excluding steroid dienone is 2. The fourth-order valence-electron chi connectivity index (χ4n) is 0.907. The Kier molecular flexibility index (Phi) is 5.15. The third-order valence-corrected chi connectivity index (χ3v) is 1.54. The van der Waals surface area contributed by atoms with Gasteiger partial charge in [0.2, 0.25) is 0 Å². The Morgan fingerprint density at radius 1 is 1.27 bits per heavy atom. The molecule has 0 aromatic rings. The molecule has 0 saturated heterocycles. The Bertz CT molecular complexity index is 312. The van der Waals surface area contributed by atoms with E-state index in [0.717, 1.165) is 12.2 Å². The second kappa shape index (κ2) is 5.85. The minimum atomic E-state index is -1.62. The van der Waals surface area contributed by atoms with Crippen molar-refractivity contribution in [2.45, 2.75) is 20.3 Å². The van der Waals surface area contributed by atoms with Crippen molar-refractivity contribution in [1.29, 1.82) is 0 Å². The third-order valence-electron chi connectivity index (χ3n) is 1.54. The average Bonchev–Trinajstić information content (AvgIpc) is 2.10. The molecule has 0 radical (unpaired) electrons. The summed E-state index contributed by atoms with van der Waals surface area (Å²) in [5, 5.41) is 29.4. The van der Waals surface area contributed by atoms with Crippen molar-refractivity contribution in [3.05, 3.63) is 23.5 Å². The molecule has 0 amide bonds. The van der Waals surface area contributed by atoms with Crippen molar-refractivity contribution < 1.29 is 24.9 Å². The van der Waals surface area contributed by atoms with E-state index in [1.54, 1.807) is 13.8 Å². The van der Waals surface area contributed by atoms with E-state index in [-0.39, 0.29) is 17.9 Å². The van der Waals surface area contributed by atoms with E-state index >= 15 is 0 Å². The first-order chi connectivity index (χ1) is 6.84. The van der Waals surface area contributed by atoms with Gasteiger partial charge in [-0.1, -0.05) is 26.0 Å². The summed E-state index contributed by atoms with van der Waals surface area (Å²) in [6.07, 6.45) is 1.92. The van der Waals surface area contributed by atoms with Gasteiger partial charge >= 0.3 is 5.97 Å². The van der Waals surface area contributed by atoms with Crippen molar-refractivity contribution in [3.8, 4) is 0 Å². The molecule has 0 saturated carbocycles. The van der Waals surface area contributed by atoms with Crippen LogP contribution in [-0.2, 0) is 9.59 Å². The quantitative estimate of drug-likeness (QED) is 0.359. The lowest BCUT2D eigenvalue weighted by Gasteiger charge is -2.11. The highest BCUT2D eigenvalue weighted by Crippen LogP contribution is 2.10. The van der Waals surface area contributed by atoms with E-state index in [1.165, 1.54) is 0 Å². The topological polar surface area (TPSA) is 100 Å². The summed E-state index contributed by atoms with van der Waals surface area (Å²) in [6.45, 7) is 3.60. The summed E-state index contributed by atoms with van der Waals surface area (Å²) in [6, 6.07) is 0. The molecule has 0 bridgehead atoms. The number of carbonyl (C=O) groups excluding carboxylic acids is 1. The lowest BCUT2D eigenvalue weighted by atomic mass is 10.0. The summed E-state index contributed by atoms with van der Waals surface area (Å²) < 4.78 is 0. The van der Waals surface area contributed by atoms with Crippen molar-refractivity contribution in [2.75, 3.05) is 0 Å². The number of carboxylic acid groups (broad SMARTS) is 2. The van der Waals surface area contributed by atoms with Gasteiger partial charge in [-0.15, -0.1) is 0 Å². The number of hydrogen-bond acceptors (Lipinski definition) is 4. The SMILES string of the molecule is CC(C)C/C(=C\C=C(/[O-])C(=O)O)C(=O)[O-]. The molecule has 0 fully saturated rings. The second-order valence-corrected chi connectivity index (χ2v) is 3.41. The molecule has 0 aliphatic heterocycles. The Balaban J connectivity index is 4.78. The van der Waals surface area contributed by atoms with Crippen LogP contribution in [0.1, 0.15) is 20.3 Å². The van der Waals surface area contributed by atoms with E-state index in [2.05, 4.69) is 0 Å². The Labute approximate surface area is 87.4 Å². The molecule has 1 N–H and O–H groups in total. The molecule has 0 heterocycles. The maximum absolute atomic E-state index is 10.6. The van der Waals surface area contributed by atoms with Gasteiger partial charge in [-0.05, 0) is 23.7 Å². The molecular formula is C10H12O5-2. The van der Waals surface area contributed by atoms with Crippen LogP contribution in [0.4, 0.5) is 0 Å². The monoisotopic (exact) mass is 212 g/mol. The van der Waals surface area contributed by atoms with Gasteiger partial charge in [-0.25, -0.2) is 4.79 Å². The number of hydrogen-bond donors (Lipinski definition) is 1. The predicted octanol–water partition coefficient (Wildman–Crippen LogP) is -0.962. The van der Waals surface area contributed by atoms with Gasteiger partial charge < -0.3 is 20.1 Å². The highest BCUT2D eigenvalue weighted by Gasteiger charge is 2.01. The summed E-state index contributed by atoms with van der Waals surface area (Å²) in [4.78, 5) is 20.7. The van der Waals surface area contributed by atoms with E-state index in [0.29, 0.717) is 0 Å². The largest absolute Gasteiger partial charge is 0.868 e. The zero-order valence-electron chi connectivity index (χ0n) is 8.52. The predicted molar refractivity (Wildman–Crippen MR) is 48.3 cm³/mol. The smallest absolute Gasteiger partial charge is 0.320 e. The van der Waals surface area contributed by atoms with Gasteiger partial charge in [0.05, 0.1) is 5.97 Å². The lowest BCUT2D eigenvalue weighted by molar-refractivity contribution is -0.302. The summed E-state index contributed by atoms with van der Waals surface area (Å²) in [5.74, 6) is -4.08. The molecule has 0 aliphatic carbocycles. The van der Waals surface area contributed by atoms with E-state index in [1.807, 2.05) is 0 Å². The van der Waals surface area contributed by atoms with Crippen LogP contribution in [0.3, 0.4) is 0 Å². The van der Waals surface area contributed by atoms with Gasteiger partial charge in [0.25, 0.3) is 0 Å². The Hall–Kier alpha value is -1.78. The van der Waals surface area contributed by atoms with Gasteiger partial charge in [-0.2, -0.15) is 0 Å². The minimum Gasteiger partial charge on any atom is -0.868 e. The van der Waals surface area contributed by atoms with Crippen LogP contribution in [0, 0.1) is 5.92 Å². The number of carbonyl (C=O) groups is 2. The zero-order valence-corrected chi connectivity index (χ0v) is 8.52. The van der Waals surface area contributed by atoms with E-state index in [9.17, 15) is 19.8 Å². The maximum Gasteiger partial charge on any atom is 0.320 e. The van der Waals surface area contributed by atoms with E-state index < -0.39 is 17.7 Å². The molecule has 5 heteroatoms. The maximum atomic E-state index is 10.6. The Morgan fingerprint density at radius 2 is 1.80 bits per heavy atom. The van der Waals surface area contributed by atoms with E-state index in [4.69, 9.17) is 5.11 Å². The summed E-state index contributed by atoms with van der Waals surface area (Å²) >= 11 is 0. The first kappa shape index (κ1) is 13.2. The van der Waals surface area contributed by atoms with Crippen molar-refractivity contribution in [1.82, 2.24) is 0 Å². The normalized spacial score (nSPS) is 13.0. The molecule has 84 valence electrons.